The fourth-order valence-corrected chi connectivity index (χ4v) is 2.24. The number of carboxylic acid groups (broad SMARTS) is 1. The third-order valence-electron chi connectivity index (χ3n) is 2.75. The molecule has 0 amide bonds. The third-order valence-corrected chi connectivity index (χ3v) is 3.28. The van der Waals surface area contributed by atoms with Crippen LogP contribution in [0.1, 0.15) is 15.9 Å². The molecule has 92 valence electrons. The molecule has 4 heteroatoms. The average molecular weight is 259 g/mol. The molecule has 18 heavy (non-hydrogen) atoms. The first-order chi connectivity index (χ1) is 8.61. The van der Waals surface area contributed by atoms with Gasteiger partial charge in [-0.3, -0.25) is 5.14 Å². The molecule has 0 heterocycles. The number of aryl methyl sites for hydroxylation is 1. The molecule has 0 aromatic heterocycles. The molecule has 2 aromatic carbocycles. The molecule has 0 aliphatic carbocycles. The molecule has 3 nitrogen and oxygen atoms in total. The summed E-state index contributed by atoms with van der Waals surface area (Å²) in [4.78, 5) is 11.9. The number of carbonyl (C=O) groups is 1. The Labute approximate surface area is 110 Å². The van der Waals surface area contributed by atoms with Gasteiger partial charge in [0, 0.05) is 4.90 Å². The van der Waals surface area contributed by atoms with Gasteiger partial charge in [-0.15, -0.1) is 0 Å². The van der Waals surface area contributed by atoms with Crippen molar-refractivity contribution in [2.45, 2.75) is 11.8 Å². The number of aromatic carboxylic acids is 1. The molecular formula is C14H13NO2S. The molecule has 0 spiro atoms. The Morgan fingerprint density at radius 3 is 2.61 bits per heavy atom. The quantitative estimate of drug-likeness (QED) is 0.830. The van der Waals surface area contributed by atoms with Crippen LogP contribution < -0.4 is 5.14 Å². The van der Waals surface area contributed by atoms with Crippen LogP contribution in [0.4, 0.5) is 0 Å². The van der Waals surface area contributed by atoms with Crippen molar-refractivity contribution in [1.29, 1.82) is 0 Å². The largest absolute Gasteiger partial charge is 0.478 e. The molecule has 0 radical (unpaired) electrons. The summed E-state index contributed by atoms with van der Waals surface area (Å²) in [6, 6.07) is 12.8. The highest BCUT2D eigenvalue weighted by Crippen LogP contribution is 2.27. The summed E-state index contributed by atoms with van der Waals surface area (Å²) in [6.45, 7) is 1.99. The van der Waals surface area contributed by atoms with Crippen LogP contribution in [0, 0.1) is 6.92 Å². The Kier molecular flexibility index (Phi) is 3.69. The standard InChI is InChI=1S/C14H13NO2S/c1-9-7-12(18-15)5-6-13(9)10-3-2-4-11(8-10)14(16)17/h2-8H,15H2,1H3,(H,16,17). The Morgan fingerprint density at radius 2 is 2.00 bits per heavy atom. The van der Waals surface area contributed by atoms with Crippen molar-refractivity contribution in [1.82, 2.24) is 0 Å². The zero-order valence-electron chi connectivity index (χ0n) is 9.88. The summed E-state index contributed by atoms with van der Waals surface area (Å²) < 4.78 is 0. The minimum atomic E-state index is -0.913. The van der Waals surface area contributed by atoms with Crippen molar-refractivity contribution in [3.05, 3.63) is 53.6 Å². The molecule has 0 saturated carbocycles. The molecule has 0 fully saturated rings. The van der Waals surface area contributed by atoms with Gasteiger partial charge in [0.2, 0.25) is 0 Å². The van der Waals surface area contributed by atoms with Gasteiger partial charge in [-0.2, -0.15) is 0 Å². The summed E-state index contributed by atoms with van der Waals surface area (Å²) >= 11 is 1.20. The predicted molar refractivity (Wildman–Crippen MR) is 73.6 cm³/mol. The first-order valence-corrected chi connectivity index (χ1v) is 6.31. The number of benzene rings is 2. The maximum absolute atomic E-state index is 10.9. The van der Waals surface area contributed by atoms with Crippen molar-refractivity contribution in [3.63, 3.8) is 0 Å². The fraction of sp³-hybridized carbons (Fsp3) is 0.0714. The highest BCUT2D eigenvalue weighted by Gasteiger charge is 2.07. The van der Waals surface area contributed by atoms with Gasteiger partial charge in [0.1, 0.15) is 0 Å². The lowest BCUT2D eigenvalue weighted by Crippen LogP contribution is -1.96. The van der Waals surface area contributed by atoms with E-state index in [0.717, 1.165) is 21.6 Å². The van der Waals surface area contributed by atoms with Gasteiger partial charge in [0.25, 0.3) is 0 Å². The first-order valence-electron chi connectivity index (χ1n) is 5.43. The number of nitrogens with two attached hydrogens (primary N) is 1. The van der Waals surface area contributed by atoms with E-state index in [9.17, 15) is 4.79 Å². The van der Waals surface area contributed by atoms with Crippen molar-refractivity contribution >= 4 is 17.9 Å². The molecule has 3 N–H and O–H groups in total. The van der Waals surface area contributed by atoms with E-state index in [4.69, 9.17) is 10.2 Å². The normalized spacial score (nSPS) is 10.3. The molecular weight excluding hydrogens is 246 g/mol. The molecule has 0 atom stereocenters. The Bertz CT molecular complexity index is 596. The van der Waals surface area contributed by atoms with Crippen LogP contribution in [0.5, 0.6) is 0 Å². The highest BCUT2D eigenvalue weighted by atomic mass is 32.2. The minimum absolute atomic E-state index is 0.296. The SMILES string of the molecule is Cc1cc(SN)ccc1-c1cccc(C(=O)O)c1. The van der Waals surface area contributed by atoms with Gasteiger partial charge in [-0.1, -0.05) is 18.2 Å². The smallest absolute Gasteiger partial charge is 0.335 e. The first kappa shape index (κ1) is 12.7. The van der Waals surface area contributed by atoms with Crippen LogP contribution in [0.25, 0.3) is 11.1 Å². The molecule has 0 saturated heterocycles. The van der Waals surface area contributed by atoms with Gasteiger partial charge < -0.3 is 5.11 Å². The fourth-order valence-electron chi connectivity index (χ4n) is 1.85. The van der Waals surface area contributed by atoms with Crippen LogP contribution in [0.2, 0.25) is 0 Å². The van der Waals surface area contributed by atoms with Gasteiger partial charge in [0.15, 0.2) is 0 Å². The third kappa shape index (κ3) is 2.55. The van der Waals surface area contributed by atoms with Gasteiger partial charge >= 0.3 is 5.97 Å². The maximum atomic E-state index is 10.9. The van der Waals surface area contributed by atoms with Crippen molar-refractivity contribution < 1.29 is 9.90 Å². The predicted octanol–water partition coefficient (Wildman–Crippen LogP) is 3.33. The zero-order valence-corrected chi connectivity index (χ0v) is 10.7. The summed E-state index contributed by atoms with van der Waals surface area (Å²) in [5.74, 6) is -0.913. The second-order valence-corrected chi connectivity index (χ2v) is 4.69. The summed E-state index contributed by atoms with van der Waals surface area (Å²) in [7, 11) is 0. The molecule has 2 aromatic rings. The maximum Gasteiger partial charge on any atom is 0.335 e. The van der Waals surface area contributed by atoms with Crippen LogP contribution in [0.3, 0.4) is 0 Å². The highest BCUT2D eigenvalue weighted by molar-refractivity contribution is 7.97. The summed E-state index contributed by atoms with van der Waals surface area (Å²) in [5.41, 5.74) is 3.30. The summed E-state index contributed by atoms with van der Waals surface area (Å²) in [6.07, 6.45) is 0. The molecule has 0 aliphatic rings. The van der Waals surface area contributed by atoms with Gasteiger partial charge in [-0.25, -0.2) is 4.79 Å². The van der Waals surface area contributed by atoms with Crippen LogP contribution in [-0.2, 0) is 0 Å². The van der Waals surface area contributed by atoms with E-state index in [1.807, 2.05) is 31.2 Å². The van der Waals surface area contributed by atoms with Crippen LogP contribution >= 0.6 is 11.9 Å². The van der Waals surface area contributed by atoms with Crippen molar-refractivity contribution in [2.24, 2.45) is 5.14 Å². The Balaban J connectivity index is 2.48. The molecule has 0 bridgehead atoms. The van der Waals surface area contributed by atoms with Crippen molar-refractivity contribution in [2.75, 3.05) is 0 Å². The van der Waals surface area contributed by atoms with Crippen LogP contribution in [-0.4, -0.2) is 11.1 Å². The minimum Gasteiger partial charge on any atom is -0.478 e. The Hall–Kier alpha value is -1.78. The summed E-state index contributed by atoms with van der Waals surface area (Å²) in [5, 5.41) is 14.5. The second kappa shape index (κ2) is 5.25. The van der Waals surface area contributed by atoms with Crippen LogP contribution in [0.15, 0.2) is 47.4 Å². The number of rotatable bonds is 3. The van der Waals surface area contributed by atoms with E-state index in [-0.39, 0.29) is 0 Å². The monoisotopic (exact) mass is 259 g/mol. The zero-order chi connectivity index (χ0) is 13.1. The number of hydrogen-bond acceptors (Lipinski definition) is 3. The second-order valence-electron chi connectivity index (χ2n) is 3.98. The molecule has 2 rings (SSSR count). The lowest BCUT2D eigenvalue weighted by molar-refractivity contribution is 0.0697. The lowest BCUT2D eigenvalue weighted by Gasteiger charge is -2.08. The van der Waals surface area contributed by atoms with Gasteiger partial charge in [0.05, 0.1) is 5.56 Å². The van der Waals surface area contributed by atoms with E-state index in [1.54, 1.807) is 18.2 Å². The Morgan fingerprint density at radius 1 is 1.22 bits per heavy atom. The lowest BCUT2D eigenvalue weighted by atomic mass is 9.99. The number of hydrogen-bond donors (Lipinski definition) is 2. The van der Waals surface area contributed by atoms with Gasteiger partial charge in [-0.05, 0) is 59.8 Å². The van der Waals surface area contributed by atoms with E-state index in [2.05, 4.69) is 0 Å². The molecule has 0 unspecified atom stereocenters. The topological polar surface area (TPSA) is 63.3 Å². The molecule has 0 aliphatic heterocycles. The van der Waals surface area contributed by atoms with E-state index in [0.29, 0.717) is 5.56 Å². The average Bonchev–Trinajstić information content (AvgIpc) is 2.38. The van der Waals surface area contributed by atoms with E-state index in [1.165, 1.54) is 11.9 Å². The van der Waals surface area contributed by atoms with Crippen molar-refractivity contribution in [3.8, 4) is 11.1 Å². The van der Waals surface area contributed by atoms with E-state index < -0.39 is 5.97 Å². The van der Waals surface area contributed by atoms with E-state index >= 15 is 0 Å². The number of carboxylic acids is 1.